The number of benzene rings is 1. The van der Waals surface area contributed by atoms with Gasteiger partial charge in [0.1, 0.15) is 5.75 Å². The van der Waals surface area contributed by atoms with Gasteiger partial charge in [-0.05, 0) is 18.2 Å². The van der Waals surface area contributed by atoms with E-state index in [1.54, 1.807) is 6.07 Å². The third-order valence-electron chi connectivity index (χ3n) is 1.30. The standard InChI is InChI=1S/C7H7ClFNO/c8-6-1-2-7(11)5(3-6)4-10-9/h1-3,10-11H,4H2. The van der Waals surface area contributed by atoms with Gasteiger partial charge in [-0.15, -0.1) is 4.48 Å². The highest BCUT2D eigenvalue weighted by molar-refractivity contribution is 6.30. The van der Waals surface area contributed by atoms with Crippen molar-refractivity contribution in [3.05, 3.63) is 28.8 Å². The van der Waals surface area contributed by atoms with Crippen molar-refractivity contribution in [2.24, 2.45) is 0 Å². The molecule has 0 radical (unpaired) electrons. The van der Waals surface area contributed by atoms with Crippen molar-refractivity contribution in [2.75, 3.05) is 0 Å². The molecule has 1 rings (SSSR count). The molecule has 0 aliphatic carbocycles. The summed E-state index contributed by atoms with van der Waals surface area (Å²) >= 11 is 5.59. The van der Waals surface area contributed by atoms with Gasteiger partial charge in [-0.25, -0.2) is 0 Å². The van der Waals surface area contributed by atoms with Crippen LogP contribution in [0.4, 0.5) is 4.48 Å². The smallest absolute Gasteiger partial charge is 0.120 e. The maximum atomic E-state index is 11.6. The first kappa shape index (κ1) is 8.30. The first-order chi connectivity index (χ1) is 5.24. The van der Waals surface area contributed by atoms with E-state index in [9.17, 15) is 4.48 Å². The van der Waals surface area contributed by atoms with Gasteiger partial charge in [-0.3, -0.25) is 0 Å². The van der Waals surface area contributed by atoms with Crippen LogP contribution in [0.15, 0.2) is 18.2 Å². The number of phenols is 1. The Labute approximate surface area is 68.5 Å². The van der Waals surface area contributed by atoms with E-state index in [0.717, 1.165) is 0 Å². The van der Waals surface area contributed by atoms with Gasteiger partial charge in [-0.1, -0.05) is 11.6 Å². The monoisotopic (exact) mass is 175 g/mol. The van der Waals surface area contributed by atoms with Crippen molar-refractivity contribution in [3.63, 3.8) is 0 Å². The zero-order chi connectivity index (χ0) is 8.27. The predicted octanol–water partition coefficient (Wildman–Crippen LogP) is 2.02. The molecule has 0 aliphatic heterocycles. The molecule has 0 atom stereocenters. The van der Waals surface area contributed by atoms with Crippen LogP contribution in [0, 0.1) is 0 Å². The number of nitrogens with one attached hydrogen (secondary N) is 1. The van der Waals surface area contributed by atoms with Crippen LogP contribution in [0.25, 0.3) is 0 Å². The van der Waals surface area contributed by atoms with Gasteiger partial charge < -0.3 is 5.11 Å². The normalized spacial score (nSPS) is 10.0. The molecule has 1 aromatic rings. The van der Waals surface area contributed by atoms with Crippen LogP contribution in [-0.4, -0.2) is 5.11 Å². The van der Waals surface area contributed by atoms with Gasteiger partial charge in [0.25, 0.3) is 0 Å². The number of rotatable bonds is 2. The molecule has 0 spiro atoms. The molecule has 0 bridgehead atoms. The summed E-state index contributed by atoms with van der Waals surface area (Å²) in [7, 11) is 0. The maximum Gasteiger partial charge on any atom is 0.120 e. The first-order valence-corrected chi connectivity index (χ1v) is 3.42. The van der Waals surface area contributed by atoms with Crippen molar-refractivity contribution in [1.82, 2.24) is 5.54 Å². The van der Waals surface area contributed by atoms with Crippen molar-refractivity contribution in [1.29, 1.82) is 0 Å². The highest BCUT2D eigenvalue weighted by Crippen LogP contribution is 2.20. The molecule has 2 N–H and O–H groups in total. The molecule has 1 aromatic carbocycles. The SMILES string of the molecule is Oc1ccc(Cl)cc1CNF. The molecule has 60 valence electrons. The van der Waals surface area contributed by atoms with Crippen molar-refractivity contribution >= 4 is 11.6 Å². The Kier molecular flexibility index (Phi) is 2.68. The average Bonchev–Trinajstić information content (AvgIpc) is 1.98. The third-order valence-corrected chi connectivity index (χ3v) is 1.53. The van der Waals surface area contributed by atoms with E-state index in [1.165, 1.54) is 17.7 Å². The van der Waals surface area contributed by atoms with Crippen LogP contribution in [0.1, 0.15) is 5.56 Å². The zero-order valence-corrected chi connectivity index (χ0v) is 6.40. The summed E-state index contributed by atoms with van der Waals surface area (Å²) in [6, 6.07) is 4.47. The summed E-state index contributed by atoms with van der Waals surface area (Å²) in [6.07, 6.45) is 0. The largest absolute Gasteiger partial charge is 0.508 e. The van der Waals surface area contributed by atoms with Crippen LogP contribution >= 0.6 is 11.6 Å². The van der Waals surface area contributed by atoms with Gasteiger partial charge in [0.15, 0.2) is 0 Å². The van der Waals surface area contributed by atoms with Gasteiger partial charge >= 0.3 is 0 Å². The van der Waals surface area contributed by atoms with Crippen LogP contribution in [-0.2, 0) is 6.54 Å². The lowest BCUT2D eigenvalue weighted by atomic mass is 10.2. The fourth-order valence-corrected chi connectivity index (χ4v) is 0.962. The molecule has 0 amide bonds. The van der Waals surface area contributed by atoms with Crippen LogP contribution in [0.2, 0.25) is 5.02 Å². The van der Waals surface area contributed by atoms with E-state index in [4.69, 9.17) is 16.7 Å². The van der Waals surface area contributed by atoms with E-state index >= 15 is 0 Å². The molecule has 0 unspecified atom stereocenters. The second-order valence-electron chi connectivity index (χ2n) is 2.08. The minimum absolute atomic E-state index is 0.0353. The number of halogens is 2. The van der Waals surface area contributed by atoms with Gasteiger partial charge in [0, 0.05) is 10.6 Å². The molecule has 0 fully saturated rings. The summed E-state index contributed by atoms with van der Waals surface area (Å²) in [4.78, 5) is 0. The fraction of sp³-hybridized carbons (Fsp3) is 0.143. The van der Waals surface area contributed by atoms with Gasteiger partial charge in [-0.2, -0.15) is 5.54 Å². The molecule has 11 heavy (non-hydrogen) atoms. The number of hydrogen-bond acceptors (Lipinski definition) is 2. The molecule has 0 saturated heterocycles. The quantitative estimate of drug-likeness (QED) is 0.674. The molecular formula is C7H7ClFNO. The fourth-order valence-electron chi connectivity index (χ4n) is 0.768. The Balaban J connectivity index is 2.93. The molecular weight excluding hydrogens is 169 g/mol. The van der Waals surface area contributed by atoms with Gasteiger partial charge in [0.2, 0.25) is 0 Å². The molecule has 2 nitrogen and oxygen atoms in total. The van der Waals surface area contributed by atoms with E-state index in [2.05, 4.69) is 0 Å². The van der Waals surface area contributed by atoms with E-state index in [1.807, 2.05) is 0 Å². The average molecular weight is 176 g/mol. The molecule has 0 saturated carbocycles. The van der Waals surface area contributed by atoms with Crippen molar-refractivity contribution in [2.45, 2.75) is 6.54 Å². The number of aromatic hydroxyl groups is 1. The van der Waals surface area contributed by atoms with Crippen molar-refractivity contribution < 1.29 is 9.59 Å². The second-order valence-corrected chi connectivity index (χ2v) is 2.52. The topological polar surface area (TPSA) is 32.3 Å². The van der Waals surface area contributed by atoms with Gasteiger partial charge in [0.05, 0.1) is 6.54 Å². The maximum absolute atomic E-state index is 11.6. The lowest BCUT2D eigenvalue weighted by Gasteiger charge is -2.01. The first-order valence-electron chi connectivity index (χ1n) is 3.05. The van der Waals surface area contributed by atoms with Crippen LogP contribution in [0.3, 0.4) is 0 Å². The second kappa shape index (κ2) is 3.55. The van der Waals surface area contributed by atoms with E-state index in [0.29, 0.717) is 10.6 Å². The Morgan fingerprint density at radius 3 is 2.91 bits per heavy atom. The Morgan fingerprint density at radius 1 is 1.55 bits per heavy atom. The number of phenolic OH excluding ortho intramolecular Hbond substituents is 1. The highest BCUT2D eigenvalue weighted by Gasteiger charge is 2.00. The summed E-state index contributed by atoms with van der Waals surface area (Å²) < 4.78 is 11.6. The highest BCUT2D eigenvalue weighted by atomic mass is 35.5. The lowest BCUT2D eigenvalue weighted by Crippen LogP contribution is -1.99. The summed E-state index contributed by atoms with van der Waals surface area (Å²) in [6.45, 7) is -0.0353. The molecule has 0 aliphatic rings. The molecule has 0 heterocycles. The third kappa shape index (κ3) is 2.06. The molecule has 4 heteroatoms. The molecule has 0 aromatic heterocycles. The number of hydrogen-bond donors (Lipinski definition) is 2. The zero-order valence-electron chi connectivity index (χ0n) is 5.64. The predicted molar refractivity (Wildman–Crippen MR) is 41.1 cm³/mol. The van der Waals surface area contributed by atoms with Crippen LogP contribution < -0.4 is 5.54 Å². The summed E-state index contributed by atoms with van der Waals surface area (Å²) in [5.74, 6) is 0.0413. The van der Waals surface area contributed by atoms with E-state index in [-0.39, 0.29) is 12.3 Å². The Bertz CT molecular complexity index is 254. The van der Waals surface area contributed by atoms with Crippen molar-refractivity contribution in [3.8, 4) is 5.75 Å². The van der Waals surface area contributed by atoms with E-state index < -0.39 is 0 Å². The Hall–Kier alpha value is -0.800. The summed E-state index contributed by atoms with van der Waals surface area (Å²) in [5.41, 5.74) is 1.88. The minimum atomic E-state index is -0.0353. The summed E-state index contributed by atoms with van der Waals surface area (Å²) in [5, 5.41) is 9.58. The minimum Gasteiger partial charge on any atom is -0.508 e. The lowest BCUT2D eigenvalue weighted by molar-refractivity contribution is 0.325. The Morgan fingerprint density at radius 2 is 2.27 bits per heavy atom. The van der Waals surface area contributed by atoms with Crippen LogP contribution in [0.5, 0.6) is 5.75 Å².